The van der Waals surface area contributed by atoms with Gasteiger partial charge in [-0.2, -0.15) is 11.8 Å². The Hall–Kier alpha value is 0.310. The molecular formula is C13H27NS. The van der Waals surface area contributed by atoms with Crippen LogP contribution in [-0.2, 0) is 0 Å². The van der Waals surface area contributed by atoms with Gasteiger partial charge in [-0.25, -0.2) is 0 Å². The Kier molecular flexibility index (Phi) is 6.06. The molecule has 15 heavy (non-hydrogen) atoms. The van der Waals surface area contributed by atoms with E-state index in [2.05, 4.69) is 32.5 Å². The van der Waals surface area contributed by atoms with Crippen molar-refractivity contribution in [2.45, 2.75) is 64.2 Å². The summed E-state index contributed by atoms with van der Waals surface area (Å²) in [6.45, 7) is 6.99. The third kappa shape index (κ3) is 4.36. The Balaban J connectivity index is 2.26. The Labute approximate surface area is 99.6 Å². The predicted octanol–water partition coefficient (Wildman–Crippen LogP) is 3.67. The van der Waals surface area contributed by atoms with E-state index in [1.807, 2.05) is 0 Å². The van der Waals surface area contributed by atoms with Crippen LogP contribution < -0.4 is 5.73 Å². The molecular weight excluding hydrogens is 202 g/mol. The Morgan fingerprint density at radius 1 is 1.20 bits per heavy atom. The van der Waals surface area contributed by atoms with Crippen LogP contribution in [-0.4, -0.2) is 17.0 Å². The third-order valence-electron chi connectivity index (χ3n) is 3.49. The smallest absolute Gasteiger partial charge is 0.0224 e. The standard InChI is InChI=1S/C13H27NS/c1-4-5-6-7-15-13-11(3)8-10(2)9-12(13)14/h10-13H,4-9,14H2,1-3H3. The van der Waals surface area contributed by atoms with E-state index in [0.717, 1.165) is 17.1 Å². The normalized spacial score (nSPS) is 36.8. The summed E-state index contributed by atoms with van der Waals surface area (Å²) in [5, 5.41) is 0.720. The highest BCUT2D eigenvalue weighted by Crippen LogP contribution is 2.35. The highest BCUT2D eigenvalue weighted by Gasteiger charge is 2.31. The van der Waals surface area contributed by atoms with E-state index in [1.165, 1.54) is 37.9 Å². The molecule has 90 valence electrons. The highest BCUT2D eigenvalue weighted by atomic mass is 32.2. The van der Waals surface area contributed by atoms with Gasteiger partial charge in [-0.15, -0.1) is 0 Å². The summed E-state index contributed by atoms with van der Waals surface area (Å²) in [5.41, 5.74) is 6.25. The first-order chi connectivity index (χ1) is 7.15. The first kappa shape index (κ1) is 13.4. The van der Waals surface area contributed by atoms with Gasteiger partial charge in [0.1, 0.15) is 0 Å². The van der Waals surface area contributed by atoms with Crippen molar-refractivity contribution in [3.05, 3.63) is 0 Å². The maximum absolute atomic E-state index is 6.25. The number of hydrogen-bond donors (Lipinski definition) is 1. The molecule has 0 heterocycles. The van der Waals surface area contributed by atoms with Crippen molar-refractivity contribution in [3.63, 3.8) is 0 Å². The van der Waals surface area contributed by atoms with Crippen LogP contribution in [0.5, 0.6) is 0 Å². The Morgan fingerprint density at radius 2 is 1.93 bits per heavy atom. The second-order valence-corrected chi connectivity index (χ2v) is 6.55. The van der Waals surface area contributed by atoms with Crippen LogP contribution in [0.15, 0.2) is 0 Å². The van der Waals surface area contributed by atoms with Crippen LogP contribution in [0, 0.1) is 11.8 Å². The molecule has 0 spiro atoms. The minimum Gasteiger partial charge on any atom is -0.327 e. The average Bonchev–Trinajstić information content (AvgIpc) is 2.15. The van der Waals surface area contributed by atoms with E-state index in [0.29, 0.717) is 6.04 Å². The molecule has 0 aromatic carbocycles. The number of unbranched alkanes of at least 4 members (excludes halogenated alkanes) is 2. The number of thioether (sulfide) groups is 1. The van der Waals surface area contributed by atoms with Gasteiger partial charge in [-0.05, 0) is 36.9 Å². The number of rotatable bonds is 5. The molecule has 0 saturated heterocycles. The van der Waals surface area contributed by atoms with E-state index in [-0.39, 0.29) is 0 Å². The van der Waals surface area contributed by atoms with E-state index < -0.39 is 0 Å². The minimum absolute atomic E-state index is 0.440. The monoisotopic (exact) mass is 229 g/mol. The van der Waals surface area contributed by atoms with E-state index in [4.69, 9.17) is 5.73 Å². The van der Waals surface area contributed by atoms with Gasteiger partial charge in [0.25, 0.3) is 0 Å². The fraction of sp³-hybridized carbons (Fsp3) is 1.00. The van der Waals surface area contributed by atoms with Crippen LogP contribution >= 0.6 is 11.8 Å². The first-order valence-corrected chi connectivity index (χ1v) is 7.57. The zero-order chi connectivity index (χ0) is 11.3. The van der Waals surface area contributed by atoms with Crippen molar-refractivity contribution in [3.8, 4) is 0 Å². The molecule has 1 nitrogen and oxygen atoms in total. The predicted molar refractivity (Wildman–Crippen MR) is 71.3 cm³/mol. The molecule has 1 aliphatic rings. The molecule has 0 amide bonds. The van der Waals surface area contributed by atoms with Gasteiger partial charge in [-0.3, -0.25) is 0 Å². The summed E-state index contributed by atoms with van der Waals surface area (Å²) >= 11 is 2.13. The lowest BCUT2D eigenvalue weighted by atomic mass is 9.80. The summed E-state index contributed by atoms with van der Waals surface area (Å²) < 4.78 is 0. The Morgan fingerprint density at radius 3 is 2.53 bits per heavy atom. The molecule has 1 aliphatic carbocycles. The number of nitrogens with two attached hydrogens (primary N) is 1. The number of hydrogen-bond acceptors (Lipinski definition) is 2. The topological polar surface area (TPSA) is 26.0 Å². The van der Waals surface area contributed by atoms with Crippen LogP contribution in [0.1, 0.15) is 52.9 Å². The van der Waals surface area contributed by atoms with E-state index in [9.17, 15) is 0 Å². The van der Waals surface area contributed by atoms with Gasteiger partial charge < -0.3 is 5.73 Å². The molecule has 1 fully saturated rings. The van der Waals surface area contributed by atoms with Crippen LogP contribution in [0.2, 0.25) is 0 Å². The fourth-order valence-corrected chi connectivity index (χ4v) is 4.19. The molecule has 2 N–H and O–H groups in total. The lowest BCUT2D eigenvalue weighted by Crippen LogP contribution is -2.43. The lowest BCUT2D eigenvalue weighted by molar-refractivity contribution is 0.279. The fourth-order valence-electron chi connectivity index (χ4n) is 2.75. The molecule has 0 bridgehead atoms. The highest BCUT2D eigenvalue weighted by molar-refractivity contribution is 7.99. The van der Waals surface area contributed by atoms with Crippen molar-refractivity contribution >= 4 is 11.8 Å². The first-order valence-electron chi connectivity index (χ1n) is 6.52. The second-order valence-electron chi connectivity index (χ2n) is 5.26. The van der Waals surface area contributed by atoms with E-state index >= 15 is 0 Å². The van der Waals surface area contributed by atoms with Gasteiger partial charge in [0, 0.05) is 11.3 Å². The summed E-state index contributed by atoms with van der Waals surface area (Å²) in [6, 6.07) is 0.440. The van der Waals surface area contributed by atoms with Gasteiger partial charge >= 0.3 is 0 Å². The molecule has 0 aliphatic heterocycles. The maximum Gasteiger partial charge on any atom is 0.0224 e. The molecule has 0 aromatic heterocycles. The van der Waals surface area contributed by atoms with Crippen molar-refractivity contribution in [1.29, 1.82) is 0 Å². The molecule has 0 aromatic rings. The van der Waals surface area contributed by atoms with Crippen LogP contribution in [0.4, 0.5) is 0 Å². The van der Waals surface area contributed by atoms with Crippen molar-refractivity contribution in [2.24, 2.45) is 17.6 Å². The third-order valence-corrected chi connectivity index (χ3v) is 5.21. The summed E-state index contributed by atoms with van der Waals surface area (Å²) in [6.07, 6.45) is 6.67. The zero-order valence-electron chi connectivity index (χ0n) is 10.5. The second kappa shape index (κ2) is 6.80. The lowest BCUT2D eigenvalue weighted by Gasteiger charge is -2.37. The Bertz CT molecular complexity index is 160. The van der Waals surface area contributed by atoms with Crippen molar-refractivity contribution in [2.75, 3.05) is 5.75 Å². The molecule has 0 radical (unpaired) electrons. The average molecular weight is 229 g/mol. The molecule has 1 saturated carbocycles. The minimum atomic E-state index is 0.440. The summed E-state index contributed by atoms with van der Waals surface area (Å²) in [7, 11) is 0. The summed E-state index contributed by atoms with van der Waals surface area (Å²) in [4.78, 5) is 0. The van der Waals surface area contributed by atoms with Crippen molar-refractivity contribution in [1.82, 2.24) is 0 Å². The SMILES string of the molecule is CCCCCSC1C(C)CC(C)CC1N. The maximum atomic E-state index is 6.25. The van der Waals surface area contributed by atoms with Crippen molar-refractivity contribution < 1.29 is 0 Å². The molecule has 4 unspecified atom stereocenters. The van der Waals surface area contributed by atoms with Crippen LogP contribution in [0.25, 0.3) is 0 Å². The van der Waals surface area contributed by atoms with Crippen LogP contribution in [0.3, 0.4) is 0 Å². The molecule has 1 rings (SSSR count). The van der Waals surface area contributed by atoms with Gasteiger partial charge in [0.15, 0.2) is 0 Å². The zero-order valence-corrected chi connectivity index (χ0v) is 11.4. The molecule has 2 heteroatoms. The van der Waals surface area contributed by atoms with Gasteiger partial charge in [0.05, 0.1) is 0 Å². The quantitative estimate of drug-likeness (QED) is 0.728. The largest absolute Gasteiger partial charge is 0.327 e. The van der Waals surface area contributed by atoms with Gasteiger partial charge in [-0.1, -0.05) is 33.6 Å². The molecule has 4 atom stereocenters. The van der Waals surface area contributed by atoms with E-state index in [1.54, 1.807) is 0 Å². The van der Waals surface area contributed by atoms with Gasteiger partial charge in [0.2, 0.25) is 0 Å². The summed E-state index contributed by atoms with van der Waals surface area (Å²) in [5.74, 6) is 2.96.